The van der Waals surface area contributed by atoms with E-state index in [9.17, 15) is 35.7 Å². The first-order valence-corrected chi connectivity index (χ1v) is 21.6. The summed E-state index contributed by atoms with van der Waals surface area (Å²) in [7, 11) is 4.18. The maximum Gasteiger partial charge on any atom is 0.186 e. The molecule has 11 atom stereocenters. The van der Waals surface area contributed by atoms with Crippen molar-refractivity contribution in [1.82, 2.24) is 0 Å². The van der Waals surface area contributed by atoms with Gasteiger partial charge in [-0.25, -0.2) is 0 Å². The van der Waals surface area contributed by atoms with Gasteiger partial charge in [-0.2, -0.15) is 0 Å². The molecule has 0 spiro atoms. The molecule has 2 fully saturated rings. The molecule has 13 nitrogen and oxygen atoms in total. The molecule has 0 amide bonds. The molecule has 0 aromatic rings. The lowest BCUT2D eigenvalue weighted by atomic mass is 9.98. The number of likely N-dealkylation sites (N-methyl/N-ethyl adjacent to an activating group) is 1. The van der Waals surface area contributed by atoms with E-state index >= 15 is 0 Å². The molecule has 0 aromatic heterocycles. The lowest BCUT2D eigenvalue weighted by Crippen LogP contribution is -3.00. The van der Waals surface area contributed by atoms with E-state index in [-0.39, 0.29) is 32.2 Å². The summed E-state index contributed by atoms with van der Waals surface area (Å²) < 4.78 is 29.3. The Morgan fingerprint density at radius 2 is 0.909 bits per heavy atom. The molecule has 55 heavy (non-hydrogen) atoms. The molecule has 0 saturated carbocycles. The first kappa shape index (κ1) is 52.8. The van der Waals surface area contributed by atoms with Gasteiger partial charge in [-0.05, 0) is 19.3 Å². The monoisotopic (exact) mass is 816 g/mol. The summed E-state index contributed by atoms with van der Waals surface area (Å²) in [6.07, 6.45) is 9.58. The number of ether oxygens (including phenoxy) is 5. The second kappa shape index (κ2) is 30.8. The van der Waals surface area contributed by atoms with E-state index in [0.29, 0.717) is 17.6 Å². The van der Waals surface area contributed by atoms with Gasteiger partial charge in [-0.15, -0.1) is 0 Å². The van der Waals surface area contributed by atoms with Gasteiger partial charge in [-0.3, -0.25) is 0 Å². The summed E-state index contributed by atoms with van der Waals surface area (Å²) in [6, 6.07) is 0. The Kier molecular flexibility index (Phi) is 29.5. The SMILES string of the molecule is CCCCCCCCCCCCO[C@@H]1O[C@H](CO[C@H]2O[C@H](COCC(O)C[N+](C)(C)CCCCCCCCCCCC)[C@@H](O)[C@H](O)[C@H]2O)[C@@H](O)[C@H](O)[C@H]1O.[Cl-]. The maximum atomic E-state index is 10.7. The van der Waals surface area contributed by atoms with E-state index in [1.807, 2.05) is 0 Å². The smallest absolute Gasteiger partial charge is 0.186 e. The van der Waals surface area contributed by atoms with Crippen LogP contribution in [0, 0.1) is 0 Å². The van der Waals surface area contributed by atoms with Gasteiger partial charge in [0.05, 0.1) is 40.5 Å². The lowest BCUT2D eigenvalue weighted by Gasteiger charge is -2.43. The molecule has 0 aromatic carbocycles. The van der Waals surface area contributed by atoms with Gasteiger partial charge in [0.1, 0.15) is 61.5 Å². The van der Waals surface area contributed by atoms with E-state index in [4.69, 9.17) is 23.7 Å². The molecule has 2 heterocycles. The number of aliphatic hydroxyl groups excluding tert-OH is 7. The van der Waals surface area contributed by atoms with E-state index < -0.39 is 67.5 Å². The van der Waals surface area contributed by atoms with Crippen molar-refractivity contribution >= 4 is 0 Å². The molecule has 330 valence electrons. The van der Waals surface area contributed by atoms with Gasteiger partial charge < -0.3 is 76.3 Å². The van der Waals surface area contributed by atoms with Crippen LogP contribution < -0.4 is 12.4 Å². The zero-order chi connectivity index (χ0) is 39.8. The Balaban J connectivity index is 0.0000151. The molecule has 14 heteroatoms. The maximum absolute atomic E-state index is 10.7. The fourth-order valence-electron chi connectivity index (χ4n) is 7.42. The number of unbranched alkanes of at least 4 members (excludes halogenated alkanes) is 18. The van der Waals surface area contributed by atoms with Crippen LogP contribution in [0.4, 0.5) is 0 Å². The minimum Gasteiger partial charge on any atom is -1.00 e. The molecule has 1 unspecified atom stereocenters. The molecule has 0 bridgehead atoms. The molecule has 2 aliphatic rings. The summed E-state index contributed by atoms with van der Waals surface area (Å²) in [5.74, 6) is 0. The third-order valence-corrected chi connectivity index (χ3v) is 11.0. The van der Waals surface area contributed by atoms with Crippen LogP contribution in [0.1, 0.15) is 142 Å². The number of quaternary nitrogens is 1. The number of nitrogens with zero attached hydrogens (tertiary/aromatic N) is 1. The van der Waals surface area contributed by atoms with Gasteiger partial charge in [0.15, 0.2) is 12.6 Å². The van der Waals surface area contributed by atoms with E-state index in [0.717, 1.165) is 32.2 Å². The largest absolute Gasteiger partial charge is 1.00 e. The fraction of sp³-hybridized carbons (Fsp3) is 1.00. The fourth-order valence-corrected chi connectivity index (χ4v) is 7.42. The number of aliphatic hydroxyl groups is 7. The highest BCUT2D eigenvalue weighted by atomic mass is 35.5. The number of rotatable bonds is 32. The molecule has 7 N–H and O–H groups in total. The zero-order valence-corrected chi connectivity index (χ0v) is 35.5. The van der Waals surface area contributed by atoms with Gasteiger partial charge >= 0.3 is 0 Å². The Labute approximate surface area is 339 Å². The minimum absolute atomic E-state index is 0. The molecular weight excluding hydrogens is 734 g/mol. The molecule has 2 rings (SSSR count). The van der Waals surface area contributed by atoms with E-state index in [2.05, 4.69) is 27.9 Å². The summed E-state index contributed by atoms with van der Waals surface area (Å²) in [6.45, 7) is 5.67. The van der Waals surface area contributed by atoms with Crippen LogP contribution in [0.15, 0.2) is 0 Å². The highest BCUT2D eigenvalue weighted by molar-refractivity contribution is 4.92. The van der Waals surface area contributed by atoms with Crippen molar-refractivity contribution in [3.63, 3.8) is 0 Å². The summed E-state index contributed by atoms with van der Waals surface area (Å²) in [4.78, 5) is 0. The van der Waals surface area contributed by atoms with Crippen LogP contribution in [0.25, 0.3) is 0 Å². The standard InChI is InChI=1S/C41H82NO12.ClH/c1-5-7-9-11-13-15-17-19-21-23-25-42(3,4)27-31(43)28-50-29-32-34(44)36(46)39(49)41(53-32)52-30-33-35(45)37(47)38(48)40(54-33)51-26-24-22-20-18-16-14-12-10-8-6-2;/h31-41,43-49H,5-30H2,1-4H3;1H/q+1;/p-1/t31?,32-,33-,34-,35-,36+,37+,38-,39-,40-,41+;/m1./s1. The van der Waals surface area contributed by atoms with Crippen LogP contribution >= 0.6 is 0 Å². The number of hydrogen-bond acceptors (Lipinski definition) is 12. The predicted molar refractivity (Wildman–Crippen MR) is 208 cm³/mol. The van der Waals surface area contributed by atoms with Crippen molar-refractivity contribution in [2.24, 2.45) is 0 Å². The molecular formula is C41H82ClNO12. The Hall–Kier alpha value is -0.230. The summed E-state index contributed by atoms with van der Waals surface area (Å²) >= 11 is 0. The van der Waals surface area contributed by atoms with E-state index in [1.54, 1.807) is 0 Å². The van der Waals surface area contributed by atoms with Gasteiger partial charge in [0, 0.05) is 6.61 Å². The third-order valence-electron chi connectivity index (χ3n) is 11.0. The first-order chi connectivity index (χ1) is 25.9. The quantitative estimate of drug-likeness (QED) is 0.0377. The molecule has 2 aliphatic heterocycles. The second-order valence-electron chi connectivity index (χ2n) is 16.6. The molecule has 2 saturated heterocycles. The minimum atomic E-state index is -1.62. The topological polar surface area (TPSA) is 188 Å². The highest BCUT2D eigenvalue weighted by Crippen LogP contribution is 2.27. The van der Waals surface area contributed by atoms with Crippen molar-refractivity contribution in [3.05, 3.63) is 0 Å². The van der Waals surface area contributed by atoms with Crippen molar-refractivity contribution in [2.75, 3.05) is 53.6 Å². The Bertz CT molecular complexity index is 909. The molecule has 0 aliphatic carbocycles. The first-order valence-electron chi connectivity index (χ1n) is 21.6. The Morgan fingerprint density at radius 1 is 0.509 bits per heavy atom. The second-order valence-corrected chi connectivity index (χ2v) is 16.6. The van der Waals surface area contributed by atoms with Crippen LogP contribution in [0.2, 0.25) is 0 Å². The van der Waals surface area contributed by atoms with Crippen LogP contribution in [0.5, 0.6) is 0 Å². The van der Waals surface area contributed by atoms with Crippen molar-refractivity contribution < 1.29 is 76.3 Å². The van der Waals surface area contributed by atoms with Gasteiger partial charge in [0.25, 0.3) is 0 Å². The van der Waals surface area contributed by atoms with Crippen molar-refractivity contribution in [1.29, 1.82) is 0 Å². The Morgan fingerprint density at radius 3 is 1.38 bits per heavy atom. The van der Waals surface area contributed by atoms with Crippen LogP contribution in [-0.4, -0.2) is 161 Å². The predicted octanol–water partition coefficient (Wildman–Crippen LogP) is 0.935. The zero-order valence-electron chi connectivity index (χ0n) is 34.7. The average molecular weight is 817 g/mol. The lowest BCUT2D eigenvalue weighted by molar-refractivity contribution is -0.893. The summed E-state index contributed by atoms with van der Waals surface area (Å²) in [5.41, 5.74) is 0. The number of hydrogen-bond donors (Lipinski definition) is 7. The van der Waals surface area contributed by atoms with Gasteiger partial charge in [0.2, 0.25) is 0 Å². The van der Waals surface area contributed by atoms with Crippen molar-refractivity contribution in [2.45, 2.75) is 210 Å². The normalized spacial score (nSPS) is 29.3. The van der Waals surface area contributed by atoms with Crippen LogP contribution in [-0.2, 0) is 23.7 Å². The van der Waals surface area contributed by atoms with Crippen molar-refractivity contribution in [3.8, 4) is 0 Å². The van der Waals surface area contributed by atoms with E-state index in [1.165, 1.54) is 103 Å². The highest BCUT2D eigenvalue weighted by Gasteiger charge is 2.47. The third kappa shape index (κ3) is 21.6. The van der Waals surface area contributed by atoms with Gasteiger partial charge in [-0.1, -0.05) is 123 Å². The number of halogens is 1. The summed E-state index contributed by atoms with van der Waals surface area (Å²) in [5, 5.41) is 74.0. The molecule has 0 radical (unpaired) electrons. The average Bonchev–Trinajstić information content (AvgIpc) is 3.14. The van der Waals surface area contributed by atoms with Crippen LogP contribution in [0.3, 0.4) is 0 Å².